The van der Waals surface area contributed by atoms with Gasteiger partial charge in [0.15, 0.2) is 0 Å². The van der Waals surface area contributed by atoms with Gasteiger partial charge in [0, 0.05) is 24.6 Å². The first kappa shape index (κ1) is 11.2. The van der Waals surface area contributed by atoms with E-state index in [1.807, 2.05) is 12.1 Å². The van der Waals surface area contributed by atoms with Gasteiger partial charge in [-0.2, -0.15) is 0 Å². The number of aromatic nitrogens is 2. The Hall–Kier alpha value is -1.30. The van der Waals surface area contributed by atoms with Crippen LogP contribution in [0.2, 0.25) is 0 Å². The molecule has 2 unspecified atom stereocenters. The minimum atomic E-state index is -0.652. The highest BCUT2D eigenvalue weighted by molar-refractivity contribution is 7.09. The van der Waals surface area contributed by atoms with Crippen LogP contribution in [0, 0.1) is 0 Å². The average Bonchev–Trinajstić information content (AvgIpc) is 2.83. The molecule has 0 aromatic carbocycles. The van der Waals surface area contributed by atoms with Gasteiger partial charge in [-0.1, -0.05) is 0 Å². The summed E-state index contributed by atoms with van der Waals surface area (Å²) in [5.41, 5.74) is 8.72. The van der Waals surface area contributed by atoms with E-state index in [1.165, 1.54) is 11.3 Å². The van der Waals surface area contributed by atoms with Crippen molar-refractivity contribution in [3.8, 4) is 0 Å². The fourth-order valence-electron chi connectivity index (χ4n) is 1.49. The third-order valence-electron chi connectivity index (χ3n) is 2.37. The molecule has 84 valence electrons. The van der Waals surface area contributed by atoms with Crippen molar-refractivity contribution in [2.75, 3.05) is 0 Å². The van der Waals surface area contributed by atoms with E-state index in [0.717, 1.165) is 10.4 Å². The zero-order chi connectivity index (χ0) is 11.4. The molecular formula is C11H13N3OS. The standard InChI is InChI=1S/C11H13N3OS/c12-9(5-8-1-3-13-4-2-8)11(15)10-6-14-7-16-10/h1-4,6-7,9,11,15H,5,12H2. The number of hydrogen-bond donors (Lipinski definition) is 2. The van der Waals surface area contributed by atoms with Crippen molar-refractivity contribution in [1.82, 2.24) is 9.97 Å². The Balaban J connectivity index is 2.01. The molecule has 0 aliphatic heterocycles. The molecule has 0 saturated carbocycles. The predicted octanol–water partition coefficient (Wildman–Crippen LogP) is 1.14. The molecule has 0 spiro atoms. The van der Waals surface area contributed by atoms with Gasteiger partial charge in [-0.3, -0.25) is 9.97 Å². The monoisotopic (exact) mass is 235 g/mol. The van der Waals surface area contributed by atoms with Crippen LogP contribution in [0.5, 0.6) is 0 Å². The Morgan fingerprint density at radius 2 is 2.06 bits per heavy atom. The summed E-state index contributed by atoms with van der Waals surface area (Å²) < 4.78 is 0. The third-order valence-corrected chi connectivity index (χ3v) is 3.22. The molecule has 0 amide bonds. The number of nitrogens with two attached hydrogens (primary N) is 1. The molecule has 2 rings (SSSR count). The van der Waals surface area contributed by atoms with Crippen LogP contribution < -0.4 is 5.73 Å². The Bertz CT molecular complexity index is 418. The Morgan fingerprint density at radius 3 is 2.69 bits per heavy atom. The summed E-state index contributed by atoms with van der Waals surface area (Å²) in [6.45, 7) is 0. The number of nitrogens with zero attached hydrogens (tertiary/aromatic N) is 2. The fourth-order valence-corrected chi connectivity index (χ4v) is 2.16. The van der Waals surface area contributed by atoms with Gasteiger partial charge in [-0.15, -0.1) is 11.3 Å². The molecule has 2 heterocycles. The van der Waals surface area contributed by atoms with Crippen LogP contribution >= 0.6 is 11.3 Å². The van der Waals surface area contributed by atoms with Crippen LogP contribution in [0.25, 0.3) is 0 Å². The lowest BCUT2D eigenvalue weighted by molar-refractivity contribution is 0.149. The summed E-state index contributed by atoms with van der Waals surface area (Å²) in [6.07, 6.45) is 5.08. The van der Waals surface area contributed by atoms with Crippen LogP contribution in [0.1, 0.15) is 16.5 Å². The smallest absolute Gasteiger partial charge is 0.105 e. The second-order valence-corrected chi connectivity index (χ2v) is 4.49. The van der Waals surface area contributed by atoms with Gasteiger partial charge in [0.1, 0.15) is 6.10 Å². The van der Waals surface area contributed by atoms with Crippen LogP contribution in [0.3, 0.4) is 0 Å². The van der Waals surface area contributed by atoms with Crippen molar-refractivity contribution < 1.29 is 5.11 Å². The van der Waals surface area contributed by atoms with Crippen LogP contribution in [0.15, 0.2) is 36.2 Å². The summed E-state index contributed by atoms with van der Waals surface area (Å²) in [4.78, 5) is 8.67. The summed E-state index contributed by atoms with van der Waals surface area (Å²) >= 11 is 1.42. The molecule has 0 fully saturated rings. The summed E-state index contributed by atoms with van der Waals surface area (Å²) in [5, 5.41) is 9.97. The van der Waals surface area contributed by atoms with Crippen molar-refractivity contribution in [3.05, 3.63) is 46.7 Å². The minimum absolute atomic E-state index is 0.317. The molecule has 2 aromatic rings. The zero-order valence-corrected chi connectivity index (χ0v) is 9.47. The third kappa shape index (κ3) is 2.63. The summed E-state index contributed by atoms with van der Waals surface area (Å²) in [5.74, 6) is 0. The first-order valence-corrected chi connectivity index (χ1v) is 5.86. The maximum Gasteiger partial charge on any atom is 0.105 e. The number of aliphatic hydroxyl groups is 1. The fraction of sp³-hybridized carbons (Fsp3) is 0.273. The van der Waals surface area contributed by atoms with Gasteiger partial charge >= 0.3 is 0 Å². The quantitative estimate of drug-likeness (QED) is 0.833. The van der Waals surface area contributed by atoms with Crippen molar-refractivity contribution in [2.24, 2.45) is 5.73 Å². The second-order valence-electron chi connectivity index (χ2n) is 3.57. The van der Waals surface area contributed by atoms with E-state index in [4.69, 9.17) is 5.73 Å². The normalized spacial score (nSPS) is 14.6. The van der Waals surface area contributed by atoms with Crippen molar-refractivity contribution in [3.63, 3.8) is 0 Å². The molecule has 3 N–H and O–H groups in total. The molecule has 2 aromatic heterocycles. The van der Waals surface area contributed by atoms with Crippen LogP contribution in [-0.2, 0) is 6.42 Å². The van der Waals surface area contributed by atoms with E-state index in [2.05, 4.69) is 9.97 Å². The molecule has 0 radical (unpaired) electrons. The highest BCUT2D eigenvalue weighted by Gasteiger charge is 2.18. The predicted molar refractivity (Wildman–Crippen MR) is 63.0 cm³/mol. The first-order chi connectivity index (χ1) is 7.77. The lowest BCUT2D eigenvalue weighted by Gasteiger charge is -2.17. The van der Waals surface area contributed by atoms with E-state index in [9.17, 15) is 5.11 Å². The highest BCUT2D eigenvalue weighted by atomic mass is 32.1. The maximum atomic E-state index is 9.97. The number of hydrogen-bond acceptors (Lipinski definition) is 5. The topological polar surface area (TPSA) is 72.0 Å². The van der Waals surface area contributed by atoms with E-state index < -0.39 is 6.10 Å². The largest absolute Gasteiger partial charge is 0.386 e. The molecule has 16 heavy (non-hydrogen) atoms. The Labute approximate surface area is 97.8 Å². The second kappa shape index (κ2) is 5.16. The molecule has 0 bridgehead atoms. The number of pyridine rings is 1. The lowest BCUT2D eigenvalue weighted by Crippen LogP contribution is -2.30. The molecule has 0 aliphatic carbocycles. The van der Waals surface area contributed by atoms with E-state index in [-0.39, 0.29) is 6.04 Å². The van der Waals surface area contributed by atoms with Crippen molar-refractivity contribution >= 4 is 11.3 Å². The molecule has 2 atom stereocenters. The van der Waals surface area contributed by atoms with Gasteiger partial charge in [0.05, 0.1) is 10.4 Å². The van der Waals surface area contributed by atoms with E-state index >= 15 is 0 Å². The van der Waals surface area contributed by atoms with Gasteiger partial charge in [0.2, 0.25) is 0 Å². The van der Waals surface area contributed by atoms with E-state index in [0.29, 0.717) is 6.42 Å². The van der Waals surface area contributed by atoms with Gasteiger partial charge in [-0.05, 0) is 24.1 Å². The van der Waals surface area contributed by atoms with E-state index in [1.54, 1.807) is 24.1 Å². The minimum Gasteiger partial charge on any atom is -0.386 e. The van der Waals surface area contributed by atoms with Gasteiger partial charge in [0.25, 0.3) is 0 Å². The molecule has 5 heteroatoms. The number of rotatable bonds is 4. The van der Waals surface area contributed by atoms with Gasteiger partial charge < -0.3 is 10.8 Å². The number of thiazole rings is 1. The lowest BCUT2D eigenvalue weighted by atomic mass is 10.0. The SMILES string of the molecule is NC(Cc1ccncc1)C(O)c1cncs1. The Kier molecular flexibility index (Phi) is 3.61. The van der Waals surface area contributed by atoms with Crippen molar-refractivity contribution in [1.29, 1.82) is 0 Å². The van der Waals surface area contributed by atoms with Crippen LogP contribution in [0.4, 0.5) is 0 Å². The molecule has 0 aliphatic rings. The highest BCUT2D eigenvalue weighted by Crippen LogP contribution is 2.21. The maximum absolute atomic E-state index is 9.97. The summed E-state index contributed by atoms with van der Waals surface area (Å²) in [7, 11) is 0. The zero-order valence-electron chi connectivity index (χ0n) is 8.65. The molecule has 0 saturated heterocycles. The Morgan fingerprint density at radius 1 is 1.31 bits per heavy atom. The number of aliphatic hydroxyl groups excluding tert-OH is 1. The molecular weight excluding hydrogens is 222 g/mol. The van der Waals surface area contributed by atoms with Gasteiger partial charge in [-0.25, -0.2) is 0 Å². The molecule has 4 nitrogen and oxygen atoms in total. The average molecular weight is 235 g/mol. The summed E-state index contributed by atoms with van der Waals surface area (Å²) in [6, 6.07) is 3.49. The first-order valence-electron chi connectivity index (χ1n) is 4.98. The van der Waals surface area contributed by atoms with Crippen molar-refractivity contribution in [2.45, 2.75) is 18.6 Å². The van der Waals surface area contributed by atoms with Crippen LogP contribution in [-0.4, -0.2) is 21.1 Å².